The predicted octanol–water partition coefficient (Wildman–Crippen LogP) is 1.41. The van der Waals surface area contributed by atoms with Crippen LogP contribution in [-0.4, -0.2) is 77.4 Å². The number of hydrogen-bond donors (Lipinski definition) is 2. The summed E-state index contributed by atoms with van der Waals surface area (Å²) < 4.78 is 5.82. The van der Waals surface area contributed by atoms with Gasteiger partial charge in [0.05, 0.1) is 12.2 Å². The van der Waals surface area contributed by atoms with Crippen LogP contribution in [-0.2, 0) is 17.7 Å². The maximum Gasteiger partial charge on any atom is 0.274 e. The first-order valence-corrected chi connectivity index (χ1v) is 10.5. The van der Waals surface area contributed by atoms with Crippen LogP contribution >= 0.6 is 0 Å². The molecule has 0 radical (unpaired) electrons. The molecule has 0 saturated carbocycles. The maximum atomic E-state index is 12.9. The highest BCUT2D eigenvalue weighted by Gasteiger charge is 2.29. The summed E-state index contributed by atoms with van der Waals surface area (Å²) in [6.07, 6.45) is 5.03. The summed E-state index contributed by atoms with van der Waals surface area (Å²) in [4.78, 5) is 17.5. The van der Waals surface area contributed by atoms with Gasteiger partial charge in [-0.05, 0) is 45.6 Å². The molecule has 7 heteroatoms. The van der Waals surface area contributed by atoms with Crippen LogP contribution in [0, 0.1) is 5.92 Å². The Labute approximate surface area is 161 Å². The van der Waals surface area contributed by atoms with E-state index in [9.17, 15) is 4.79 Å². The van der Waals surface area contributed by atoms with Crippen LogP contribution in [0.3, 0.4) is 0 Å². The van der Waals surface area contributed by atoms with Crippen LogP contribution < -0.4 is 5.32 Å². The van der Waals surface area contributed by atoms with Gasteiger partial charge >= 0.3 is 0 Å². The fourth-order valence-corrected chi connectivity index (χ4v) is 4.81. The van der Waals surface area contributed by atoms with Gasteiger partial charge in [-0.25, -0.2) is 0 Å². The number of rotatable bonds is 4. The highest BCUT2D eigenvalue weighted by Crippen LogP contribution is 2.24. The van der Waals surface area contributed by atoms with Crippen molar-refractivity contribution in [1.29, 1.82) is 0 Å². The van der Waals surface area contributed by atoms with E-state index in [-0.39, 0.29) is 5.91 Å². The van der Waals surface area contributed by atoms with Gasteiger partial charge in [-0.1, -0.05) is 0 Å². The van der Waals surface area contributed by atoms with Crippen LogP contribution in [0.5, 0.6) is 0 Å². The molecule has 0 spiro atoms. The largest absolute Gasteiger partial charge is 0.373 e. The number of H-pyrrole nitrogens is 1. The lowest BCUT2D eigenvalue weighted by molar-refractivity contribution is -0.0693. The molecule has 3 aliphatic rings. The average Bonchev–Trinajstić information content (AvgIpc) is 3.10. The third kappa shape index (κ3) is 4.36. The Bertz CT molecular complexity index is 643. The molecule has 4 heterocycles. The van der Waals surface area contributed by atoms with Crippen molar-refractivity contribution in [3.8, 4) is 0 Å². The van der Waals surface area contributed by atoms with Gasteiger partial charge in [0, 0.05) is 56.9 Å². The molecule has 0 aromatic carbocycles. The van der Waals surface area contributed by atoms with Crippen LogP contribution in [0.25, 0.3) is 0 Å². The lowest BCUT2D eigenvalue weighted by atomic mass is 9.92. The Morgan fingerprint density at radius 2 is 1.96 bits per heavy atom. The number of amides is 1. The summed E-state index contributed by atoms with van der Waals surface area (Å²) in [5, 5.41) is 10.7. The van der Waals surface area contributed by atoms with Crippen molar-refractivity contribution in [3.63, 3.8) is 0 Å². The number of likely N-dealkylation sites (tertiary alicyclic amines) is 1. The molecule has 0 aliphatic carbocycles. The monoisotopic (exact) mass is 375 g/mol. The molecule has 3 aliphatic heterocycles. The van der Waals surface area contributed by atoms with Gasteiger partial charge in [-0.15, -0.1) is 0 Å². The summed E-state index contributed by atoms with van der Waals surface area (Å²) >= 11 is 0. The second-order valence-electron chi connectivity index (χ2n) is 8.50. The molecule has 7 nitrogen and oxygen atoms in total. The topological polar surface area (TPSA) is 73.5 Å². The number of morpholine rings is 1. The van der Waals surface area contributed by atoms with Gasteiger partial charge in [0.1, 0.15) is 0 Å². The van der Waals surface area contributed by atoms with E-state index in [1.54, 1.807) is 0 Å². The number of nitrogens with zero attached hydrogens (tertiary/aromatic N) is 3. The van der Waals surface area contributed by atoms with Crippen LogP contribution in [0.2, 0.25) is 0 Å². The van der Waals surface area contributed by atoms with E-state index >= 15 is 0 Å². The molecule has 2 saturated heterocycles. The van der Waals surface area contributed by atoms with E-state index in [4.69, 9.17) is 4.74 Å². The van der Waals surface area contributed by atoms with Crippen molar-refractivity contribution in [1.82, 2.24) is 25.3 Å². The molecule has 4 rings (SSSR count). The Hall–Kier alpha value is -1.44. The highest BCUT2D eigenvalue weighted by molar-refractivity contribution is 5.94. The van der Waals surface area contributed by atoms with Gasteiger partial charge in [0.15, 0.2) is 5.69 Å². The fraction of sp³-hybridized carbons (Fsp3) is 0.800. The minimum atomic E-state index is 0.102. The van der Waals surface area contributed by atoms with E-state index in [1.807, 2.05) is 4.90 Å². The van der Waals surface area contributed by atoms with Gasteiger partial charge in [-0.3, -0.25) is 14.8 Å². The van der Waals surface area contributed by atoms with Gasteiger partial charge in [-0.2, -0.15) is 5.10 Å². The number of carbonyl (C=O) groups is 1. The first-order chi connectivity index (χ1) is 13.1. The fourth-order valence-electron chi connectivity index (χ4n) is 4.81. The number of carbonyl (C=O) groups excluding carboxylic acids is 1. The first-order valence-electron chi connectivity index (χ1n) is 10.5. The molecule has 2 atom stereocenters. The van der Waals surface area contributed by atoms with E-state index in [0.717, 1.165) is 82.3 Å². The predicted molar refractivity (Wildman–Crippen MR) is 104 cm³/mol. The van der Waals surface area contributed by atoms with Gasteiger partial charge in [0.25, 0.3) is 5.91 Å². The second-order valence-corrected chi connectivity index (χ2v) is 8.50. The molecule has 27 heavy (non-hydrogen) atoms. The molecule has 2 fully saturated rings. The van der Waals surface area contributed by atoms with Crippen molar-refractivity contribution >= 4 is 5.91 Å². The Balaban J connectivity index is 1.25. The van der Waals surface area contributed by atoms with Gasteiger partial charge in [0.2, 0.25) is 0 Å². The Morgan fingerprint density at radius 3 is 2.70 bits per heavy atom. The molecule has 1 amide bonds. The normalized spacial score (nSPS) is 27.6. The smallest absolute Gasteiger partial charge is 0.274 e. The lowest BCUT2D eigenvalue weighted by Gasteiger charge is -2.37. The van der Waals surface area contributed by atoms with Crippen LogP contribution in [0.1, 0.15) is 54.9 Å². The number of hydrogen-bond acceptors (Lipinski definition) is 5. The number of fused-ring (bicyclic) bond motifs is 1. The summed E-state index contributed by atoms with van der Waals surface area (Å²) in [5.41, 5.74) is 2.83. The summed E-state index contributed by atoms with van der Waals surface area (Å²) in [5.74, 6) is 0.822. The zero-order chi connectivity index (χ0) is 18.8. The van der Waals surface area contributed by atoms with Gasteiger partial charge < -0.3 is 15.0 Å². The number of aromatic amines is 1. The third-order valence-electron chi connectivity index (χ3n) is 6.26. The van der Waals surface area contributed by atoms with Crippen molar-refractivity contribution in [2.24, 2.45) is 5.92 Å². The number of piperidine rings is 1. The quantitative estimate of drug-likeness (QED) is 0.832. The SMILES string of the molecule is CC1CN(CCC2CCN(C(=O)c3n[nH]c4c3CNCC4)CC2)CC(C)O1. The Kier molecular flexibility index (Phi) is 5.80. The first kappa shape index (κ1) is 18.9. The average molecular weight is 376 g/mol. The van der Waals surface area contributed by atoms with Crippen LogP contribution in [0.15, 0.2) is 0 Å². The zero-order valence-corrected chi connectivity index (χ0v) is 16.7. The zero-order valence-electron chi connectivity index (χ0n) is 16.7. The molecule has 2 N–H and O–H groups in total. The van der Waals surface area contributed by atoms with Crippen molar-refractivity contribution in [2.75, 3.05) is 39.3 Å². The third-order valence-corrected chi connectivity index (χ3v) is 6.26. The highest BCUT2D eigenvalue weighted by atomic mass is 16.5. The number of ether oxygens (including phenoxy) is 1. The standard InChI is InChI=1S/C20H33N5O2/c1-14-12-24(13-15(2)27-14)8-4-16-5-9-25(10-6-16)20(26)19-17-11-21-7-3-18(17)22-23-19/h14-16,21H,3-13H2,1-2H3,(H,22,23). The summed E-state index contributed by atoms with van der Waals surface area (Å²) in [6, 6.07) is 0. The van der Waals surface area contributed by atoms with E-state index in [1.165, 1.54) is 6.42 Å². The van der Waals surface area contributed by atoms with Crippen LogP contribution in [0.4, 0.5) is 0 Å². The van der Waals surface area contributed by atoms with E-state index < -0.39 is 0 Å². The lowest BCUT2D eigenvalue weighted by Crippen LogP contribution is -2.46. The van der Waals surface area contributed by atoms with E-state index in [2.05, 4.69) is 34.3 Å². The second kappa shape index (κ2) is 8.29. The molecule has 0 bridgehead atoms. The maximum absolute atomic E-state index is 12.9. The van der Waals surface area contributed by atoms with Crippen molar-refractivity contribution in [3.05, 3.63) is 17.0 Å². The summed E-state index contributed by atoms with van der Waals surface area (Å²) in [7, 11) is 0. The van der Waals surface area contributed by atoms with Crippen molar-refractivity contribution in [2.45, 2.75) is 58.3 Å². The Morgan fingerprint density at radius 1 is 1.22 bits per heavy atom. The van der Waals surface area contributed by atoms with Crippen molar-refractivity contribution < 1.29 is 9.53 Å². The number of aromatic nitrogens is 2. The molecular weight excluding hydrogens is 342 g/mol. The minimum absolute atomic E-state index is 0.102. The minimum Gasteiger partial charge on any atom is -0.373 e. The summed E-state index contributed by atoms with van der Waals surface area (Å²) in [6.45, 7) is 11.0. The van der Waals surface area contributed by atoms with E-state index in [0.29, 0.717) is 17.9 Å². The molecule has 1 aromatic heterocycles. The molecule has 1 aromatic rings. The molecule has 2 unspecified atom stereocenters. The molecular formula is C20H33N5O2. The molecule has 150 valence electrons. The number of nitrogens with one attached hydrogen (secondary N) is 2.